The first-order valence-corrected chi connectivity index (χ1v) is 23.2. The minimum Gasteiger partial charge on any atom is -0.371 e. The van der Waals surface area contributed by atoms with Gasteiger partial charge in [0.2, 0.25) is 17.8 Å². The topological polar surface area (TPSA) is 197 Å². The van der Waals surface area contributed by atoms with Gasteiger partial charge < -0.3 is 25.3 Å². The highest BCUT2D eigenvalue weighted by Crippen LogP contribution is 2.45. The molecule has 2 aromatic heterocycles. The van der Waals surface area contributed by atoms with Crippen LogP contribution in [0, 0.1) is 22.7 Å². The zero-order valence-electron chi connectivity index (χ0n) is 36.3. The maximum absolute atomic E-state index is 15.4. The number of carbonyl (C=O) groups is 5. The third kappa shape index (κ3) is 8.32. The Hall–Kier alpha value is -6.51. The summed E-state index contributed by atoms with van der Waals surface area (Å²) in [6, 6.07) is 15.2. The van der Waals surface area contributed by atoms with E-state index in [9.17, 15) is 29.2 Å². The van der Waals surface area contributed by atoms with Gasteiger partial charge in [-0.05, 0) is 131 Å². The molecule has 6 aliphatic rings. The van der Waals surface area contributed by atoms with Crippen molar-refractivity contribution in [1.29, 1.82) is 5.26 Å². The minimum absolute atomic E-state index is 0.0387. The molecule has 1 atom stereocenters. The summed E-state index contributed by atoms with van der Waals surface area (Å²) in [7, 11) is 0. The number of amides is 5. The predicted molar refractivity (Wildman–Crippen MR) is 242 cm³/mol. The number of nitrogens with zero attached hydrogens (tertiary/aromatic N) is 8. The molecule has 3 saturated heterocycles. The fraction of sp³-hybridized carbons (Fsp3) is 0.438. The number of piperidine rings is 3. The molecule has 16 nitrogen and oxygen atoms in total. The van der Waals surface area contributed by atoms with Crippen molar-refractivity contribution < 1.29 is 28.4 Å². The first kappa shape index (κ1) is 43.4. The Morgan fingerprint density at radius 2 is 1.58 bits per heavy atom. The van der Waals surface area contributed by atoms with Gasteiger partial charge in [0.25, 0.3) is 17.7 Å². The molecule has 3 N–H and O–H groups in total. The van der Waals surface area contributed by atoms with E-state index in [2.05, 4.69) is 51.7 Å². The second-order valence-corrected chi connectivity index (χ2v) is 18.8. The number of nitriles is 1. The van der Waals surface area contributed by atoms with Crippen molar-refractivity contribution in [3.05, 3.63) is 99.3 Å². The first-order chi connectivity index (χ1) is 32.0. The second kappa shape index (κ2) is 17.7. The van der Waals surface area contributed by atoms with Gasteiger partial charge in [0.05, 0.1) is 39.5 Å². The molecule has 340 valence electrons. The third-order valence-corrected chi connectivity index (χ3v) is 15.1. The monoisotopic (exact) mass is 913 g/mol. The molecule has 1 unspecified atom stereocenters. The number of halogens is 2. The molecule has 1 aliphatic carbocycles. The molecule has 5 aliphatic heterocycles. The zero-order chi connectivity index (χ0) is 45.7. The number of imide groups is 2. The number of nitrogens with one attached hydrogen (secondary N) is 3. The third-order valence-electron chi connectivity index (χ3n) is 14.8. The molecule has 4 fully saturated rings. The molecule has 2 aromatic carbocycles. The maximum atomic E-state index is 15.4. The number of benzene rings is 2. The molecule has 1 saturated carbocycles. The lowest BCUT2D eigenvalue weighted by Crippen LogP contribution is -2.54. The van der Waals surface area contributed by atoms with Crippen molar-refractivity contribution >= 4 is 64.1 Å². The summed E-state index contributed by atoms with van der Waals surface area (Å²) in [6.07, 6.45) is 10.2. The molecule has 5 amide bonds. The van der Waals surface area contributed by atoms with E-state index < -0.39 is 41.5 Å². The lowest BCUT2D eigenvalue weighted by molar-refractivity contribution is -0.136. The Balaban J connectivity index is 0.676. The van der Waals surface area contributed by atoms with E-state index in [1.54, 1.807) is 30.3 Å². The Morgan fingerprint density at radius 3 is 2.30 bits per heavy atom. The zero-order valence-corrected chi connectivity index (χ0v) is 37.1. The van der Waals surface area contributed by atoms with Crippen molar-refractivity contribution in [3.63, 3.8) is 0 Å². The van der Waals surface area contributed by atoms with Crippen molar-refractivity contribution in [2.45, 2.75) is 95.3 Å². The van der Waals surface area contributed by atoms with Gasteiger partial charge in [-0.1, -0.05) is 11.6 Å². The van der Waals surface area contributed by atoms with E-state index in [-0.39, 0.29) is 41.2 Å². The number of hydrogen-bond acceptors (Lipinski definition) is 13. The molecule has 1 spiro atoms. The number of aromatic nitrogens is 3. The van der Waals surface area contributed by atoms with E-state index in [0.29, 0.717) is 47.5 Å². The summed E-state index contributed by atoms with van der Waals surface area (Å²) >= 11 is 6.29. The predicted octanol–water partition coefficient (Wildman–Crippen LogP) is 5.67. The summed E-state index contributed by atoms with van der Waals surface area (Å²) in [5.74, 6) is -2.56. The van der Waals surface area contributed by atoms with Gasteiger partial charge in [-0.15, -0.1) is 0 Å². The summed E-state index contributed by atoms with van der Waals surface area (Å²) in [4.78, 5) is 85.1. The van der Waals surface area contributed by atoms with Crippen molar-refractivity contribution in [2.24, 2.45) is 5.41 Å². The van der Waals surface area contributed by atoms with E-state index in [1.165, 1.54) is 12.4 Å². The van der Waals surface area contributed by atoms with Gasteiger partial charge in [0.15, 0.2) is 0 Å². The van der Waals surface area contributed by atoms with E-state index in [1.807, 2.05) is 12.1 Å². The van der Waals surface area contributed by atoms with Gasteiger partial charge in [-0.3, -0.25) is 34.2 Å². The van der Waals surface area contributed by atoms with Crippen LogP contribution < -0.4 is 25.8 Å². The van der Waals surface area contributed by atoms with Gasteiger partial charge in [0, 0.05) is 55.1 Å². The number of anilines is 4. The Morgan fingerprint density at radius 1 is 0.833 bits per heavy atom. The Bertz CT molecular complexity index is 2690. The standard InChI is InChI=1S/C48H49ClFN11O5/c49-37-24-32(2-1-28(37)25-51)60-20-13-34-38(26-60)52-27-53-43(34)56-40-7-5-35(42(50)55-40)44(63)54-29-9-14-48(15-10-29)16-21-59(22-17-48)30-11-18-58(19-12-30)31-3-4-33-36(23-31)47(66)61(46(33)65)39-6-8-41(62)57-45(39)64/h1-5,7,23-24,27,29-30,39H,6,8-22,26H2,(H,54,63)(H,57,62,64)(H,52,53,55,56). The van der Waals surface area contributed by atoms with Gasteiger partial charge >= 0.3 is 0 Å². The Kier molecular flexibility index (Phi) is 11.6. The summed E-state index contributed by atoms with van der Waals surface area (Å²) < 4.78 is 15.4. The molecule has 18 heteroatoms. The average molecular weight is 914 g/mol. The van der Waals surface area contributed by atoms with Gasteiger partial charge in [-0.25, -0.2) is 15.0 Å². The fourth-order valence-corrected chi connectivity index (χ4v) is 11.1. The van der Waals surface area contributed by atoms with Crippen LogP contribution in [0.2, 0.25) is 5.02 Å². The van der Waals surface area contributed by atoms with Crippen LogP contribution in [0.5, 0.6) is 0 Å². The molecule has 0 radical (unpaired) electrons. The van der Waals surface area contributed by atoms with E-state index in [4.69, 9.17) is 11.6 Å². The van der Waals surface area contributed by atoms with Crippen molar-refractivity contribution in [2.75, 3.05) is 47.8 Å². The van der Waals surface area contributed by atoms with Crippen LogP contribution in [0.4, 0.5) is 27.4 Å². The SMILES string of the molecule is N#Cc1ccc(N2CCc3c(ncnc3Nc3ccc(C(=O)NC4CCC5(CC4)CCN(C4CCN(c6ccc7c(c6)C(=O)N(C6CCC(=O)NC6=O)C7=O)CC4)CC5)c(F)n3)C2)cc1Cl. The number of carbonyl (C=O) groups excluding carboxylic acids is 5. The quantitative estimate of drug-likeness (QED) is 0.145. The normalized spacial score (nSPS) is 21.3. The van der Waals surface area contributed by atoms with Crippen LogP contribution in [0.3, 0.4) is 0 Å². The minimum atomic E-state index is -0.986. The highest BCUT2D eigenvalue weighted by atomic mass is 35.5. The second-order valence-electron chi connectivity index (χ2n) is 18.4. The van der Waals surface area contributed by atoms with Crippen molar-refractivity contribution in [3.8, 4) is 6.07 Å². The maximum Gasteiger partial charge on any atom is 0.262 e. The van der Waals surface area contributed by atoms with E-state index in [0.717, 1.165) is 105 Å². The molecule has 66 heavy (non-hydrogen) atoms. The highest BCUT2D eigenvalue weighted by Gasteiger charge is 2.45. The fourth-order valence-electron chi connectivity index (χ4n) is 10.9. The molecular weight excluding hydrogens is 865 g/mol. The lowest BCUT2D eigenvalue weighted by atomic mass is 9.66. The van der Waals surface area contributed by atoms with Crippen LogP contribution in [0.25, 0.3) is 0 Å². The smallest absolute Gasteiger partial charge is 0.262 e. The summed E-state index contributed by atoms with van der Waals surface area (Å²) in [5.41, 5.74) is 4.62. The van der Waals surface area contributed by atoms with Crippen molar-refractivity contribution in [1.82, 2.24) is 35.4 Å². The molecule has 0 bridgehead atoms. The number of rotatable bonds is 8. The number of fused-ring (bicyclic) bond motifs is 2. The van der Waals surface area contributed by atoms with Crippen LogP contribution in [-0.4, -0.2) is 105 Å². The van der Waals surface area contributed by atoms with E-state index >= 15 is 4.39 Å². The summed E-state index contributed by atoms with van der Waals surface area (Å²) in [5, 5.41) is 18.1. The largest absolute Gasteiger partial charge is 0.371 e. The Labute approximate surface area is 385 Å². The molecule has 7 heterocycles. The molecular formula is C48H49ClFN11O5. The number of likely N-dealkylation sites (tertiary alicyclic amines) is 1. The van der Waals surface area contributed by atoms with Crippen LogP contribution in [0.1, 0.15) is 112 Å². The van der Waals surface area contributed by atoms with Crippen LogP contribution in [0.15, 0.2) is 54.9 Å². The first-order valence-electron chi connectivity index (χ1n) is 22.8. The average Bonchev–Trinajstić information content (AvgIpc) is 3.57. The molecule has 4 aromatic rings. The molecule has 10 rings (SSSR count). The van der Waals surface area contributed by atoms with Gasteiger partial charge in [-0.2, -0.15) is 9.65 Å². The number of pyridine rings is 1. The highest BCUT2D eigenvalue weighted by molar-refractivity contribution is 6.32. The lowest BCUT2D eigenvalue weighted by Gasteiger charge is -2.49. The van der Waals surface area contributed by atoms with Crippen LogP contribution >= 0.6 is 11.6 Å². The summed E-state index contributed by atoms with van der Waals surface area (Å²) in [6.45, 7) is 4.86. The van der Waals surface area contributed by atoms with Crippen LogP contribution in [-0.2, 0) is 22.6 Å². The number of hydrogen-bond donors (Lipinski definition) is 3. The van der Waals surface area contributed by atoms with Gasteiger partial charge in [0.1, 0.15) is 30.1 Å².